The maximum Gasteiger partial charge on any atom is 0.230 e. The normalized spacial score (nSPS) is 15.0. The first-order valence-electron chi connectivity index (χ1n) is 10.3. The number of nitrogens with one attached hydrogen (secondary N) is 1. The molecule has 0 saturated heterocycles. The molecule has 152 valence electrons. The third-order valence-electron chi connectivity index (χ3n) is 4.69. The molecule has 1 saturated carbocycles. The van der Waals surface area contributed by atoms with Crippen LogP contribution < -0.4 is 10.1 Å². The minimum atomic E-state index is -0.492. The molecule has 0 bridgehead atoms. The van der Waals surface area contributed by atoms with Crippen LogP contribution in [0.15, 0.2) is 60.7 Å². The van der Waals surface area contributed by atoms with Crippen molar-refractivity contribution in [2.75, 3.05) is 13.2 Å². The summed E-state index contributed by atoms with van der Waals surface area (Å²) in [5.74, 6) is 0.772. The molecule has 2 N–H and O–H groups in total. The summed E-state index contributed by atoms with van der Waals surface area (Å²) in [6.07, 6.45) is 4.42. The van der Waals surface area contributed by atoms with Crippen molar-refractivity contribution in [1.29, 1.82) is 0 Å². The Morgan fingerprint density at radius 2 is 1.68 bits per heavy atom. The predicted molar refractivity (Wildman–Crippen MR) is 113 cm³/mol. The van der Waals surface area contributed by atoms with Gasteiger partial charge < -0.3 is 15.2 Å². The minimum absolute atomic E-state index is 0.0877. The number of aliphatic hydroxyl groups is 1. The average Bonchev–Trinajstić information content (AvgIpc) is 3.54. The minimum Gasteiger partial charge on any atom is -0.493 e. The van der Waals surface area contributed by atoms with Crippen LogP contribution >= 0.6 is 0 Å². The van der Waals surface area contributed by atoms with Crippen molar-refractivity contribution in [3.8, 4) is 5.75 Å². The molecule has 0 aromatic heterocycles. The molecule has 3 rings (SSSR count). The Balaban J connectivity index is 0.000000397. The summed E-state index contributed by atoms with van der Waals surface area (Å²) in [5.41, 5.74) is 0.828. The largest absolute Gasteiger partial charge is 0.493 e. The summed E-state index contributed by atoms with van der Waals surface area (Å²) in [4.78, 5) is 12.1. The molecule has 4 heteroatoms. The van der Waals surface area contributed by atoms with Gasteiger partial charge in [-0.15, -0.1) is 0 Å². The van der Waals surface area contributed by atoms with Crippen LogP contribution in [0, 0.1) is 5.92 Å². The highest BCUT2D eigenvalue weighted by Gasteiger charge is 2.27. The van der Waals surface area contributed by atoms with E-state index in [1.54, 1.807) is 0 Å². The SMILES string of the molecule is CCCC(C)COc1ccc(C(CO)C(=O)NC2CC2)cc1.c1ccccc1. The number of carbonyl (C=O) groups excluding carboxylic acids is 1. The van der Waals surface area contributed by atoms with Crippen molar-refractivity contribution in [3.05, 3.63) is 66.2 Å². The van der Waals surface area contributed by atoms with Gasteiger partial charge in [0.1, 0.15) is 5.75 Å². The van der Waals surface area contributed by atoms with Gasteiger partial charge in [-0.25, -0.2) is 0 Å². The van der Waals surface area contributed by atoms with Crippen LogP contribution in [0.25, 0.3) is 0 Å². The molecule has 0 aliphatic heterocycles. The van der Waals surface area contributed by atoms with Gasteiger partial charge in [-0.1, -0.05) is 68.8 Å². The lowest BCUT2D eigenvalue weighted by atomic mass is 9.99. The fourth-order valence-corrected chi connectivity index (χ4v) is 2.87. The Hall–Kier alpha value is -2.33. The fourth-order valence-electron chi connectivity index (χ4n) is 2.87. The van der Waals surface area contributed by atoms with Crippen molar-refractivity contribution in [2.45, 2.75) is 51.5 Å². The fraction of sp³-hybridized carbons (Fsp3) is 0.458. The van der Waals surface area contributed by atoms with Crippen LogP contribution in [0.2, 0.25) is 0 Å². The highest BCUT2D eigenvalue weighted by atomic mass is 16.5. The molecule has 28 heavy (non-hydrogen) atoms. The summed E-state index contributed by atoms with van der Waals surface area (Å²) in [6.45, 7) is 4.89. The standard InChI is InChI=1S/C18H27NO3.C6H6/c1-3-4-13(2)12-22-16-9-5-14(6-10-16)17(11-20)18(21)19-15-7-8-15;1-2-4-6-5-3-1/h5-6,9-10,13,15,17,20H,3-4,7-8,11-12H2,1-2H3,(H,19,21);1-6H. The molecule has 1 fully saturated rings. The van der Waals surface area contributed by atoms with E-state index in [1.807, 2.05) is 60.7 Å². The first-order chi connectivity index (χ1) is 13.6. The number of aliphatic hydroxyl groups excluding tert-OH is 1. The number of carbonyl (C=O) groups is 1. The maximum absolute atomic E-state index is 12.1. The van der Waals surface area contributed by atoms with Crippen molar-refractivity contribution >= 4 is 5.91 Å². The highest BCUT2D eigenvalue weighted by molar-refractivity contribution is 5.84. The second-order valence-corrected chi connectivity index (χ2v) is 7.45. The first-order valence-corrected chi connectivity index (χ1v) is 10.3. The Kier molecular flexibility index (Phi) is 9.56. The monoisotopic (exact) mass is 383 g/mol. The summed E-state index contributed by atoms with van der Waals surface area (Å²) in [5, 5.41) is 12.4. The number of rotatable bonds is 9. The molecule has 4 nitrogen and oxygen atoms in total. The molecular formula is C24H33NO3. The van der Waals surface area contributed by atoms with Crippen molar-refractivity contribution in [1.82, 2.24) is 5.32 Å². The van der Waals surface area contributed by atoms with Gasteiger partial charge in [-0.2, -0.15) is 0 Å². The van der Waals surface area contributed by atoms with E-state index in [0.717, 1.165) is 37.0 Å². The summed E-state index contributed by atoms with van der Waals surface area (Å²) >= 11 is 0. The van der Waals surface area contributed by atoms with Gasteiger partial charge in [0.2, 0.25) is 5.91 Å². The maximum atomic E-state index is 12.1. The molecule has 1 amide bonds. The Bertz CT molecular complexity index is 641. The quantitative estimate of drug-likeness (QED) is 0.668. The van der Waals surface area contributed by atoms with Gasteiger partial charge in [0.05, 0.1) is 19.1 Å². The summed E-state index contributed by atoms with van der Waals surface area (Å²) < 4.78 is 5.76. The Morgan fingerprint density at radius 1 is 1.11 bits per heavy atom. The van der Waals surface area contributed by atoms with Crippen LogP contribution in [0.3, 0.4) is 0 Å². The van der Waals surface area contributed by atoms with Gasteiger partial charge >= 0.3 is 0 Å². The Morgan fingerprint density at radius 3 is 2.14 bits per heavy atom. The van der Waals surface area contributed by atoms with E-state index < -0.39 is 5.92 Å². The summed E-state index contributed by atoms with van der Waals surface area (Å²) in [6, 6.07) is 19.8. The number of ether oxygens (including phenoxy) is 1. The van der Waals surface area contributed by atoms with Crippen LogP contribution in [0.5, 0.6) is 5.75 Å². The van der Waals surface area contributed by atoms with E-state index in [1.165, 1.54) is 0 Å². The summed E-state index contributed by atoms with van der Waals surface area (Å²) in [7, 11) is 0. The smallest absolute Gasteiger partial charge is 0.230 e. The zero-order chi connectivity index (χ0) is 20.2. The van der Waals surface area contributed by atoms with Crippen molar-refractivity contribution in [3.63, 3.8) is 0 Å². The molecule has 2 aromatic rings. The van der Waals surface area contributed by atoms with Gasteiger partial charge in [0.15, 0.2) is 0 Å². The molecule has 0 radical (unpaired) electrons. The number of hydrogen-bond donors (Lipinski definition) is 2. The van der Waals surface area contributed by atoms with Gasteiger partial charge in [0, 0.05) is 6.04 Å². The van der Waals surface area contributed by atoms with Gasteiger partial charge in [0.25, 0.3) is 0 Å². The molecule has 2 aromatic carbocycles. The zero-order valence-corrected chi connectivity index (χ0v) is 17.0. The van der Waals surface area contributed by atoms with Crippen LogP contribution in [0.1, 0.15) is 51.0 Å². The third-order valence-corrected chi connectivity index (χ3v) is 4.69. The number of hydrogen-bond acceptors (Lipinski definition) is 3. The lowest BCUT2D eigenvalue weighted by Crippen LogP contribution is -2.32. The molecule has 1 aliphatic carbocycles. The van der Waals surface area contributed by atoms with E-state index in [2.05, 4.69) is 19.2 Å². The first kappa shape index (κ1) is 22.0. The second kappa shape index (κ2) is 12.2. The third kappa shape index (κ3) is 8.13. The van der Waals surface area contributed by atoms with Crippen molar-refractivity contribution < 1.29 is 14.6 Å². The zero-order valence-electron chi connectivity index (χ0n) is 17.0. The van der Waals surface area contributed by atoms with Gasteiger partial charge in [-0.3, -0.25) is 4.79 Å². The van der Waals surface area contributed by atoms with E-state index in [9.17, 15) is 9.90 Å². The highest BCUT2D eigenvalue weighted by Crippen LogP contribution is 2.23. The van der Waals surface area contributed by atoms with Crippen LogP contribution in [-0.2, 0) is 4.79 Å². The number of amides is 1. The van der Waals surface area contributed by atoms with E-state index in [4.69, 9.17) is 4.74 Å². The topological polar surface area (TPSA) is 58.6 Å². The van der Waals surface area contributed by atoms with E-state index in [-0.39, 0.29) is 12.5 Å². The molecule has 2 unspecified atom stereocenters. The number of benzene rings is 2. The van der Waals surface area contributed by atoms with Crippen LogP contribution in [0.4, 0.5) is 0 Å². The average molecular weight is 384 g/mol. The second-order valence-electron chi connectivity index (χ2n) is 7.45. The molecule has 2 atom stereocenters. The van der Waals surface area contributed by atoms with E-state index >= 15 is 0 Å². The molecule has 1 aliphatic rings. The lowest BCUT2D eigenvalue weighted by Gasteiger charge is -2.16. The molecule has 0 spiro atoms. The lowest BCUT2D eigenvalue weighted by molar-refractivity contribution is -0.123. The Labute approximate surface area is 168 Å². The van der Waals surface area contributed by atoms with Gasteiger partial charge in [-0.05, 0) is 42.9 Å². The van der Waals surface area contributed by atoms with Crippen molar-refractivity contribution in [2.24, 2.45) is 5.92 Å². The molecule has 0 heterocycles. The van der Waals surface area contributed by atoms with Crippen LogP contribution in [-0.4, -0.2) is 30.3 Å². The molecular weight excluding hydrogens is 350 g/mol. The predicted octanol–water partition coefficient (Wildman–Crippen LogP) is 4.54. The van der Waals surface area contributed by atoms with E-state index in [0.29, 0.717) is 18.6 Å².